The summed E-state index contributed by atoms with van der Waals surface area (Å²) < 4.78 is 22.0. The van der Waals surface area contributed by atoms with Gasteiger partial charge in [0.2, 0.25) is 0 Å². The summed E-state index contributed by atoms with van der Waals surface area (Å²) in [6.45, 7) is 3.99. The molecule has 0 saturated carbocycles. The van der Waals surface area contributed by atoms with Crippen LogP contribution in [-0.4, -0.2) is 58.6 Å². The first-order valence-corrected chi connectivity index (χ1v) is 8.60. The molecule has 1 heterocycles. The van der Waals surface area contributed by atoms with Crippen molar-refractivity contribution < 1.29 is 8.42 Å². The molecule has 1 unspecified atom stereocenters. The second kappa shape index (κ2) is 7.34. The van der Waals surface area contributed by atoms with Crippen molar-refractivity contribution in [3.63, 3.8) is 0 Å². The lowest BCUT2D eigenvalue weighted by atomic mass is 9.95. The summed E-state index contributed by atoms with van der Waals surface area (Å²) in [5, 5.41) is 3.43. The number of nitrogens with zero attached hydrogens (tertiary/aromatic N) is 1. The fourth-order valence-electron chi connectivity index (χ4n) is 2.25. The molecule has 0 bridgehead atoms. The molecule has 1 aliphatic heterocycles. The predicted octanol–water partition coefficient (Wildman–Crippen LogP) is 0.743. The molecule has 1 rings (SSSR count). The highest BCUT2D eigenvalue weighted by atomic mass is 32.2. The van der Waals surface area contributed by atoms with Gasteiger partial charge in [0.05, 0.1) is 5.75 Å². The maximum absolute atomic E-state index is 11.0. The molecule has 0 aromatic rings. The van der Waals surface area contributed by atoms with E-state index in [-0.39, 0.29) is 5.75 Å². The Morgan fingerprint density at radius 1 is 1.35 bits per heavy atom. The third-order valence-electron chi connectivity index (χ3n) is 3.39. The second-order valence-electron chi connectivity index (χ2n) is 5.29. The van der Waals surface area contributed by atoms with Crippen LogP contribution in [0.15, 0.2) is 0 Å². The second-order valence-corrected chi connectivity index (χ2v) is 7.55. The number of hydrogen-bond acceptors (Lipinski definition) is 4. The Balaban J connectivity index is 2.05. The van der Waals surface area contributed by atoms with Gasteiger partial charge in [0.1, 0.15) is 9.84 Å². The monoisotopic (exact) mass is 262 g/mol. The van der Waals surface area contributed by atoms with Crippen LogP contribution in [-0.2, 0) is 9.84 Å². The van der Waals surface area contributed by atoms with Crippen LogP contribution >= 0.6 is 0 Å². The summed E-state index contributed by atoms with van der Waals surface area (Å²) in [6, 6.07) is 0. The van der Waals surface area contributed by atoms with Crippen LogP contribution in [0.2, 0.25) is 0 Å². The summed E-state index contributed by atoms with van der Waals surface area (Å²) >= 11 is 0. The van der Waals surface area contributed by atoms with Gasteiger partial charge in [-0.1, -0.05) is 0 Å². The zero-order chi connectivity index (χ0) is 12.7. The van der Waals surface area contributed by atoms with Crippen molar-refractivity contribution in [2.45, 2.75) is 25.7 Å². The summed E-state index contributed by atoms with van der Waals surface area (Å²) in [4.78, 5) is 2.12. The summed E-state index contributed by atoms with van der Waals surface area (Å²) in [5.41, 5.74) is 0. The minimum Gasteiger partial charge on any atom is -0.316 e. The molecule has 17 heavy (non-hydrogen) atoms. The van der Waals surface area contributed by atoms with E-state index in [1.165, 1.54) is 38.5 Å². The highest BCUT2D eigenvalue weighted by molar-refractivity contribution is 7.90. The van der Waals surface area contributed by atoms with Gasteiger partial charge in [0, 0.05) is 12.8 Å². The van der Waals surface area contributed by atoms with Crippen LogP contribution in [0.1, 0.15) is 25.7 Å². The van der Waals surface area contributed by atoms with Gasteiger partial charge in [-0.05, 0) is 58.3 Å². The van der Waals surface area contributed by atoms with Crippen LogP contribution in [0.25, 0.3) is 0 Å². The Morgan fingerprint density at radius 2 is 2.12 bits per heavy atom. The van der Waals surface area contributed by atoms with Gasteiger partial charge in [0.15, 0.2) is 0 Å². The first-order chi connectivity index (χ1) is 7.97. The maximum atomic E-state index is 11.0. The lowest BCUT2D eigenvalue weighted by molar-refractivity contribution is 0.302. The topological polar surface area (TPSA) is 49.4 Å². The number of sulfone groups is 1. The fourth-order valence-corrected chi connectivity index (χ4v) is 2.90. The molecule has 1 aliphatic rings. The third-order valence-corrected chi connectivity index (χ3v) is 4.32. The maximum Gasteiger partial charge on any atom is 0.148 e. The van der Waals surface area contributed by atoms with Gasteiger partial charge < -0.3 is 10.2 Å². The lowest BCUT2D eigenvalue weighted by Gasteiger charge is -2.23. The molecule has 1 saturated heterocycles. The SMILES string of the molecule is CN(CCCC1CCCNC1)CCS(C)(=O)=O. The average Bonchev–Trinajstić information content (AvgIpc) is 2.27. The molecule has 1 fully saturated rings. The first-order valence-electron chi connectivity index (χ1n) is 6.54. The van der Waals surface area contributed by atoms with Crippen molar-refractivity contribution >= 4 is 9.84 Å². The molecule has 0 aromatic carbocycles. The lowest BCUT2D eigenvalue weighted by Crippen LogP contribution is -2.31. The van der Waals surface area contributed by atoms with Gasteiger partial charge in [-0.25, -0.2) is 8.42 Å². The molecule has 0 spiro atoms. The van der Waals surface area contributed by atoms with Gasteiger partial charge in [-0.2, -0.15) is 0 Å². The summed E-state index contributed by atoms with van der Waals surface area (Å²) in [7, 11) is -0.812. The third kappa shape index (κ3) is 7.73. The number of nitrogens with one attached hydrogen (secondary N) is 1. The molecule has 4 nitrogen and oxygen atoms in total. The van der Waals surface area contributed by atoms with Gasteiger partial charge in [-0.3, -0.25) is 0 Å². The Hall–Kier alpha value is -0.130. The largest absolute Gasteiger partial charge is 0.316 e. The summed E-state index contributed by atoms with van der Waals surface area (Å²) in [6.07, 6.45) is 6.38. The Morgan fingerprint density at radius 3 is 2.71 bits per heavy atom. The van der Waals surface area contributed by atoms with Crippen LogP contribution in [0.3, 0.4) is 0 Å². The Bertz CT molecular complexity index is 298. The standard InChI is InChI=1S/C12H26N2O2S/c1-14(9-10-17(2,15)16)8-4-6-12-5-3-7-13-11-12/h12-13H,3-11H2,1-2H3. The van der Waals surface area contributed by atoms with Crippen LogP contribution in [0, 0.1) is 5.92 Å². The Labute approximate surface area is 106 Å². The van der Waals surface area contributed by atoms with Crippen LogP contribution in [0.5, 0.6) is 0 Å². The molecule has 0 amide bonds. The molecule has 1 atom stereocenters. The van der Waals surface area contributed by atoms with Crippen molar-refractivity contribution in [3.8, 4) is 0 Å². The highest BCUT2D eigenvalue weighted by Gasteiger charge is 2.12. The van der Waals surface area contributed by atoms with Crippen molar-refractivity contribution in [1.29, 1.82) is 0 Å². The zero-order valence-corrected chi connectivity index (χ0v) is 11.9. The van der Waals surface area contributed by atoms with Gasteiger partial charge in [0.25, 0.3) is 0 Å². The molecule has 0 radical (unpaired) electrons. The molecular formula is C12H26N2O2S. The number of hydrogen-bond donors (Lipinski definition) is 1. The van der Waals surface area contributed by atoms with Crippen molar-refractivity contribution in [2.24, 2.45) is 5.92 Å². The first kappa shape index (κ1) is 14.9. The quantitative estimate of drug-likeness (QED) is 0.735. The van der Waals surface area contributed by atoms with Gasteiger partial charge >= 0.3 is 0 Å². The smallest absolute Gasteiger partial charge is 0.148 e. The van der Waals surface area contributed by atoms with Crippen molar-refractivity contribution in [3.05, 3.63) is 0 Å². The normalized spacial score (nSPS) is 21.9. The predicted molar refractivity (Wildman–Crippen MR) is 72.0 cm³/mol. The minimum absolute atomic E-state index is 0.272. The molecule has 0 aliphatic carbocycles. The van der Waals surface area contributed by atoms with E-state index in [1.54, 1.807) is 0 Å². The van der Waals surface area contributed by atoms with E-state index < -0.39 is 9.84 Å². The van der Waals surface area contributed by atoms with Gasteiger partial charge in [-0.15, -0.1) is 0 Å². The summed E-state index contributed by atoms with van der Waals surface area (Å²) in [5.74, 6) is 1.10. The van der Waals surface area contributed by atoms with Crippen molar-refractivity contribution in [1.82, 2.24) is 10.2 Å². The van der Waals surface area contributed by atoms with Crippen LogP contribution in [0.4, 0.5) is 0 Å². The van der Waals surface area contributed by atoms with E-state index in [2.05, 4.69) is 10.2 Å². The zero-order valence-electron chi connectivity index (χ0n) is 11.1. The number of rotatable bonds is 7. The number of piperidine rings is 1. The van der Waals surface area contributed by atoms with Crippen LogP contribution < -0.4 is 5.32 Å². The molecule has 1 N–H and O–H groups in total. The van der Waals surface area contributed by atoms with E-state index >= 15 is 0 Å². The Kier molecular flexibility index (Phi) is 6.44. The minimum atomic E-state index is -2.82. The van der Waals surface area contributed by atoms with E-state index in [4.69, 9.17) is 0 Å². The average molecular weight is 262 g/mol. The fraction of sp³-hybridized carbons (Fsp3) is 1.00. The highest BCUT2D eigenvalue weighted by Crippen LogP contribution is 2.15. The van der Waals surface area contributed by atoms with Crippen molar-refractivity contribution in [2.75, 3.05) is 45.2 Å². The molecular weight excluding hydrogens is 236 g/mol. The van der Waals surface area contributed by atoms with E-state index in [9.17, 15) is 8.42 Å². The molecule has 5 heteroatoms. The van der Waals surface area contributed by atoms with E-state index in [0.29, 0.717) is 6.54 Å². The van der Waals surface area contributed by atoms with E-state index in [0.717, 1.165) is 19.0 Å². The molecule has 0 aromatic heterocycles. The van der Waals surface area contributed by atoms with E-state index in [1.807, 2.05) is 7.05 Å². The molecule has 102 valence electrons.